The second-order valence-electron chi connectivity index (χ2n) is 4.86. The average Bonchev–Trinajstić information content (AvgIpc) is 2.76. The van der Waals surface area contributed by atoms with Gasteiger partial charge in [-0.15, -0.1) is 0 Å². The molecule has 1 aliphatic rings. The third kappa shape index (κ3) is 4.53. The first-order chi connectivity index (χ1) is 8.84. The summed E-state index contributed by atoms with van der Waals surface area (Å²) in [5.74, 6) is 0.911. The number of nitrogens with zero attached hydrogens (tertiary/aromatic N) is 1. The van der Waals surface area contributed by atoms with Crippen LogP contribution in [0.3, 0.4) is 0 Å². The number of carbonyl (C=O) groups excluding carboxylic acids is 1. The van der Waals surface area contributed by atoms with Crippen LogP contribution in [0.1, 0.15) is 37.9 Å². The van der Waals surface area contributed by atoms with Gasteiger partial charge in [0.1, 0.15) is 5.76 Å². The predicted molar refractivity (Wildman–Crippen MR) is 70.1 cm³/mol. The number of rotatable bonds is 5. The zero-order chi connectivity index (χ0) is 12.6. The zero-order valence-corrected chi connectivity index (χ0v) is 10.9. The third-order valence-electron chi connectivity index (χ3n) is 3.39. The van der Waals surface area contributed by atoms with Crippen LogP contribution in [0.4, 0.5) is 0 Å². The fourth-order valence-electron chi connectivity index (χ4n) is 2.31. The molecule has 1 fully saturated rings. The molecule has 0 aliphatic carbocycles. The van der Waals surface area contributed by atoms with Crippen molar-refractivity contribution in [2.24, 2.45) is 0 Å². The molecule has 1 aliphatic heterocycles. The number of amides is 1. The van der Waals surface area contributed by atoms with E-state index in [4.69, 9.17) is 4.42 Å². The molecule has 0 atom stereocenters. The number of furan rings is 1. The van der Waals surface area contributed by atoms with E-state index in [1.54, 1.807) is 6.26 Å². The van der Waals surface area contributed by atoms with Crippen molar-refractivity contribution >= 4 is 5.91 Å². The maximum atomic E-state index is 11.7. The minimum absolute atomic E-state index is 0.107. The minimum Gasteiger partial charge on any atom is -0.467 e. The van der Waals surface area contributed by atoms with Crippen molar-refractivity contribution in [2.45, 2.75) is 38.6 Å². The lowest BCUT2D eigenvalue weighted by Gasteiger charge is -2.18. The molecule has 18 heavy (non-hydrogen) atoms. The van der Waals surface area contributed by atoms with Gasteiger partial charge in [0.05, 0.1) is 12.8 Å². The fraction of sp³-hybridized carbons (Fsp3) is 0.643. The molecular weight excluding hydrogens is 228 g/mol. The fourth-order valence-corrected chi connectivity index (χ4v) is 2.31. The van der Waals surface area contributed by atoms with Gasteiger partial charge in [0.25, 0.3) is 0 Å². The lowest BCUT2D eigenvalue weighted by Crippen LogP contribution is -2.31. The van der Waals surface area contributed by atoms with Crippen molar-refractivity contribution in [2.75, 3.05) is 19.6 Å². The SMILES string of the molecule is O=C(CCN1CCCCCC1)NCc1ccco1. The number of carbonyl (C=O) groups is 1. The van der Waals surface area contributed by atoms with E-state index in [2.05, 4.69) is 10.2 Å². The van der Waals surface area contributed by atoms with Crippen molar-refractivity contribution < 1.29 is 9.21 Å². The van der Waals surface area contributed by atoms with Crippen LogP contribution in [0.2, 0.25) is 0 Å². The van der Waals surface area contributed by atoms with Gasteiger partial charge in [-0.2, -0.15) is 0 Å². The van der Waals surface area contributed by atoms with E-state index in [9.17, 15) is 4.79 Å². The van der Waals surface area contributed by atoms with Crippen molar-refractivity contribution in [3.8, 4) is 0 Å². The standard InChI is InChI=1S/C14H22N2O2/c17-14(15-12-13-6-5-11-18-13)7-10-16-8-3-1-2-4-9-16/h5-6,11H,1-4,7-10,12H2,(H,15,17). The Morgan fingerprint density at radius 1 is 1.28 bits per heavy atom. The molecule has 0 bridgehead atoms. The lowest BCUT2D eigenvalue weighted by molar-refractivity contribution is -0.121. The summed E-state index contributed by atoms with van der Waals surface area (Å²) in [6.07, 6.45) is 7.42. The monoisotopic (exact) mass is 250 g/mol. The quantitative estimate of drug-likeness (QED) is 0.871. The van der Waals surface area contributed by atoms with E-state index in [1.807, 2.05) is 12.1 Å². The molecule has 0 aromatic carbocycles. The van der Waals surface area contributed by atoms with Crippen LogP contribution in [-0.2, 0) is 11.3 Å². The summed E-state index contributed by atoms with van der Waals surface area (Å²) >= 11 is 0. The van der Waals surface area contributed by atoms with E-state index in [0.29, 0.717) is 13.0 Å². The summed E-state index contributed by atoms with van der Waals surface area (Å²) in [7, 11) is 0. The van der Waals surface area contributed by atoms with Crippen molar-refractivity contribution in [3.63, 3.8) is 0 Å². The van der Waals surface area contributed by atoms with Crippen LogP contribution < -0.4 is 5.32 Å². The number of nitrogens with one attached hydrogen (secondary N) is 1. The zero-order valence-electron chi connectivity index (χ0n) is 10.9. The highest BCUT2D eigenvalue weighted by Gasteiger charge is 2.10. The summed E-state index contributed by atoms with van der Waals surface area (Å²) in [4.78, 5) is 14.1. The molecule has 2 rings (SSSR count). The van der Waals surface area contributed by atoms with Crippen LogP contribution in [0, 0.1) is 0 Å². The second-order valence-corrected chi connectivity index (χ2v) is 4.86. The third-order valence-corrected chi connectivity index (χ3v) is 3.39. The van der Waals surface area contributed by atoms with Gasteiger partial charge < -0.3 is 14.6 Å². The molecule has 0 unspecified atom stereocenters. The maximum Gasteiger partial charge on any atom is 0.221 e. The van der Waals surface area contributed by atoms with Gasteiger partial charge in [0, 0.05) is 13.0 Å². The molecule has 1 amide bonds. The van der Waals surface area contributed by atoms with E-state index < -0.39 is 0 Å². The number of hydrogen-bond acceptors (Lipinski definition) is 3. The molecule has 4 heteroatoms. The summed E-state index contributed by atoms with van der Waals surface area (Å²) in [5, 5.41) is 2.88. The largest absolute Gasteiger partial charge is 0.467 e. The molecule has 1 N–H and O–H groups in total. The van der Waals surface area contributed by atoms with E-state index in [1.165, 1.54) is 25.7 Å². The highest BCUT2D eigenvalue weighted by Crippen LogP contribution is 2.09. The van der Waals surface area contributed by atoms with E-state index >= 15 is 0 Å². The van der Waals surface area contributed by atoms with E-state index in [0.717, 1.165) is 25.4 Å². The topological polar surface area (TPSA) is 45.5 Å². The van der Waals surface area contributed by atoms with Gasteiger partial charge in [-0.1, -0.05) is 12.8 Å². The molecule has 1 aromatic rings. The number of hydrogen-bond donors (Lipinski definition) is 1. The van der Waals surface area contributed by atoms with Gasteiger partial charge in [-0.25, -0.2) is 0 Å². The van der Waals surface area contributed by atoms with Gasteiger partial charge in [-0.05, 0) is 38.1 Å². The first kappa shape index (κ1) is 13.1. The summed E-state index contributed by atoms with van der Waals surface area (Å²) in [6, 6.07) is 3.70. The Balaban J connectivity index is 1.61. The smallest absolute Gasteiger partial charge is 0.221 e. The highest BCUT2D eigenvalue weighted by atomic mass is 16.3. The Morgan fingerprint density at radius 3 is 2.72 bits per heavy atom. The summed E-state index contributed by atoms with van der Waals surface area (Å²) in [5.41, 5.74) is 0. The van der Waals surface area contributed by atoms with Crippen LogP contribution in [-0.4, -0.2) is 30.4 Å². The van der Waals surface area contributed by atoms with Gasteiger partial charge >= 0.3 is 0 Å². The summed E-state index contributed by atoms with van der Waals surface area (Å²) in [6.45, 7) is 3.66. The number of likely N-dealkylation sites (tertiary alicyclic amines) is 1. The molecule has 1 saturated heterocycles. The predicted octanol–water partition coefficient (Wildman–Crippen LogP) is 2.16. The van der Waals surface area contributed by atoms with E-state index in [-0.39, 0.29) is 5.91 Å². The van der Waals surface area contributed by atoms with Gasteiger partial charge in [0.2, 0.25) is 5.91 Å². The Kier molecular flexibility index (Phi) is 5.27. The Hall–Kier alpha value is -1.29. The van der Waals surface area contributed by atoms with Crippen molar-refractivity contribution in [3.05, 3.63) is 24.2 Å². The molecule has 2 heterocycles. The lowest BCUT2D eigenvalue weighted by atomic mass is 10.2. The van der Waals surface area contributed by atoms with Crippen molar-refractivity contribution in [1.29, 1.82) is 0 Å². The first-order valence-electron chi connectivity index (χ1n) is 6.86. The maximum absolute atomic E-state index is 11.7. The van der Waals surface area contributed by atoms with Crippen LogP contribution in [0.25, 0.3) is 0 Å². The molecule has 4 nitrogen and oxygen atoms in total. The molecule has 0 radical (unpaired) electrons. The summed E-state index contributed by atoms with van der Waals surface area (Å²) < 4.78 is 5.17. The van der Waals surface area contributed by atoms with Gasteiger partial charge in [0.15, 0.2) is 0 Å². The minimum atomic E-state index is 0.107. The first-order valence-corrected chi connectivity index (χ1v) is 6.86. The molecule has 100 valence electrons. The molecule has 1 aromatic heterocycles. The van der Waals surface area contributed by atoms with Crippen LogP contribution in [0.5, 0.6) is 0 Å². The Labute approximate surface area is 108 Å². The van der Waals surface area contributed by atoms with Crippen LogP contribution in [0.15, 0.2) is 22.8 Å². The Morgan fingerprint density at radius 2 is 2.06 bits per heavy atom. The normalized spacial score (nSPS) is 17.3. The molecule has 0 saturated carbocycles. The average molecular weight is 250 g/mol. The van der Waals surface area contributed by atoms with Gasteiger partial charge in [-0.3, -0.25) is 4.79 Å². The van der Waals surface area contributed by atoms with Crippen molar-refractivity contribution in [1.82, 2.24) is 10.2 Å². The molecular formula is C14H22N2O2. The second kappa shape index (κ2) is 7.21. The Bertz CT molecular complexity index is 341. The van der Waals surface area contributed by atoms with Crippen LogP contribution >= 0.6 is 0 Å². The highest BCUT2D eigenvalue weighted by molar-refractivity contribution is 5.75. The molecule has 0 spiro atoms.